The highest BCUT2D eigenvalue weighted by Gasteiger charge is 2.33. The van der Waals surface area contributed by atoms with E-state index in [2.05, 4.69) is 0 Å². The first-order valence-corrected chi connectivity index (χ1v) is 10.3. The van der Waals surface area contributed by atoms with Crippen LogP contribution in [0.1, 0.15) is 16.7 Å². The Balaban J connectivity index is 1.71. The first kappa shape index (κ1) is 21.3. The maximum absolute atomic E-state index is 13.1. The fourth-order valence-corrected chi connectivity index (χ4v) is 3.98. The van der Waals surface area contributed by atoms with Gasteiger partial charge in [0.25, 0.3) is 0 Å². The first-order chi connectivity index (χ1) is 13.5. The number of carbonyl (C=O) groups excluding carboxylic acids is 1. The Morgan fingerprint density at radius 3 is 2.55 bits per heavy atom. The van der Waals surface area contributed by atoms with Gasteiger partial charge >= 0.3 is 6.18 Å². The fraction of sp³-hybridized carbons (Fsp3) is 0.316. The molecule has 2 N–H and O–H groups in total. The zero-order valence-electron chi connectivity index (χ0n) is 15.6. The number of hydrogen-bond donors (Lipinski definition) is 1. The topological polar surface area (TPSA) is 83.7 Å². The van der Waals surface area contributed by atoms with E-state index in [0.29, 0.717) is 24.2 Å². The van der Waals surface area contributed by atoms with Crippen molar-refractivity contribution in [3.63, 3.8) is 0 Å². The van der Waals surface area contributed by atoms with Crippen LogP contribution in [0.25, 0.3) is 0 Å². The number of amides is 1. The molecule has 3 rings (SSSR count). The third-order valence-corrected chi connectivity index (χ3v) is 5.66. The number of anilines is 1. The number of sulfonamides is 1. The van der Waals surface area contributed by atoms with Gasteiger partial charge in [0, 0.05) is 18.8 Å². The molecule has 0 fully saturated rings. The molecule has 0 saturated carbocycles. The highest BCUT2D eigenvalue weighted by molar-refractivity contribution is 7.89. The van der Waals surface area contributed by atoms with E-state index in [9.17, 15) is 26.4 Å². The van der Waals surface area contributed by atoms with Crippen LogP contribution in [0.3, 0.4) is 0 Å². The SMILES string of the molecule is CN(CC(=O)N1CCc2cc(S(N)(=O)=O)ccc21)Cc1ccccc1C(F)(F)F. The molecule has 1 aliphatic rings. The summed E-state index contributed by atoms with van der Waals surface area (Å²) in [6, 6.07) is 9.58. The maximum Gasteiger partial charge on any atom is 0.416 e. The predicted molar refractivity (Wildman–Crippen MR) is 102 cm³/mol. The molecular formula is C19H20F3N3O3S. The lowest BCUT2D eigenvalue weighted by Gasteiger charge is -2.23. The predicted octanol–water partition coefficient (Wildman–Crippen LogP) is 2.37. The van der Waals surface area contributed by atoms with Gasteiger partial charge in [-0.05, 0) is 48.9 Å². The van der Waals surface area contributed by atoms with Gasteiger partial charge in [0.2, 0.25) is 15.9 Å². The number of nitrogens with two attached hydrogens (primary N) is 1. The molecule has 1 heterocycles. The molecule has 29 heavy (non-hydrogen) atoms. The van der Waals surface area contributed by atoms with Crippen LogP contribution in [0, 0.1) is 0 Å². The zero-order valence-corrected chi connectivity index (χ0v) is 16.4. The number of fused-ring (bicyclic) bond motifs is 1. The van der Waals surface area contributed by atoms with Crippen molar-refractivity contribution in [1.29, 1.82) is 0 Å². The molecule has 156 valence electrons. The van der Waals surface area contributed by atoms with Gasteiger partial charge in [-0.2, -0.15) is 13.2 Å². The molecule has 0 unspecified atom stereocenters. The van der Waals surface area contributed by atoms with Crippen LogP contribution in [0.5, 0.6) is 0 Å². The molecule has 0 bridgehead atoms. The number of nitrogens with zero attached hydrogens (tertiary/aromatic N) is 2. The lowest BCUT2D eigenvalue weighted by molar-refractivity contribution is -0.138. The number of alkyl halides is 3. The quantitative estimate of drug-likeness (QED) is 0.794. The zero-order chi connectivity index (χ0) is 21.4. The summed E-state index contributed by atoms with van der Waals surface area (Å²) in [6.45, 7) is 0.254. The number of rotatable bonds is 5. The van der Waals surface area contributed by atoms with Crippen LogP contribution in [0.15, 0.2) is 47.4 Å². The van der Waals surface area contributed by atoms with Crippen molar-refractivity contribution in [1.82, 2.24) is 4.90 Å². The fourth-order valence-electron chi connectivity index (χ4n) is 3.41. The molecule has 6 nitrogen and oxygen atoms in total. The van der Waals surface area contributed by atoms with Crippen LogP contribution in [-0.4, -0.2) is 39.4 Å². The standard InChI is InChI=1S/C19H20F3N3O3S/c1-24(11-14-4-2-3-5-16(14)19(20,21)22)12-18(26)25-9-8-13-10-15(29(23,27)28)6-7-17(13)25/h2-7,10H,8-9,11-12H2,1H3,(H2,23,27,28). The van der Waals surface area contributed by atoms with Crippen LogP contribution in [0.2, 0.25) is 0 Å². The molecule has 0 spiro atoms. The minimum atomic E-state index is -4.46. The Kier molecular flexibility index (Phi) is 5.70. The van der Waals surface area contributed by atoms with Gasteiger partial charge < -0.3 is 4.90 Å². The van der Waals surface area contributed by atoms with E-state index in [1.807, 2.05) is 0 Å². The van der Waals surface area contributed by atoms with Crippen molar-refractivity contribution in [2.75, 3.05) is 25.0 Å². The summed E-state index contributed by atoms with van der Waals surface area (Å²) in [7, 11) is -2.26. The molecule has 2 aromatic carbocycles. The monoisotopic (exact) mass is 427 g/mol. The summed E-state index contributed by atoms with van der Waals surface area (Å²) < 4.78 is 62.4. The van der Waals surface area contributed by atoms with Crippen LogP contribution in [0.4, 0.5) is 18.9 Å². The third-order valence-electron chi connectivity index (χ3n) is 4.74. The van der Waals surface area contributed by atoms with Crippen molar-refractivity contribution in [3.8, 4) is 0 Å². The molecule has 0 atom stereocenters. The van der Waals surface area contributed by atoms with Crippen molar-refractivity contribution in [3.05, 3.63) is 59.2 Å². The van der Waals surface area contributed by atoms with Gasteiger partial charge in [-0.3, -0.25) is 9.69 Å². The Labute approximate surface area is 166 Å². The summed E-state index contributed by atoms with van der Waals surface area (Å²) >= 11 is 0. The Morgan fingerprint density at radius 1 is 1.21 bits per heavy atom. The molecular weight excluding hydrogens is 407 g/mol. The van der Waals surface area contributed by atoms with E-state index in [-0.39, 0.29) is 29.5 Å². The van der Waals surface area contributed by atoms with E-state index in [0.717, 1.165) is 6.07 Å². The summed E-state index contributed by atoms with van der Waals surface area (Å²) in [6.07, 6.45) is -3.98. The molecule has 10 heteroatoms. The summed E-state index contributed by atoms with van der Waals surface area (Å²) in [4.78, 5) is 15.7. The minimum Gasteiger partial charge on any atom is -0.311 e. The van der Waals surface area contributed by atoms with Gasteiger partial charge in [-0.1, -0.05) is 18.2 Å². The summed E-state index contributed by atoms with van der Waals surface area (Å²) in [5, 5.41) is 5.13. The highest BCUT2D eigenvalue weighted by atomic mass is 32.2. The Bertz CT molecular complexity index is 1040. The largest absolute Gasteiger partial charge is 0.416 e. The van der Waals surface area contributed by atoms with E-state index in [1.165, 1.54) is 46.2 Å². The molecule has 0 aliphatic carbocycles. The van der Waals surface area contributed by atoms with Gasteiger partial charge in [-0.25, -0.2) is 13.6 Å². The van der Waals surface area contributed by atoms with Crippen molar-refractivity contribution in [2.45, 2.75) is 24.0 Å². The number of carbonyl (C=O) groups is 1. The second-order valence-corrected chi connectivity index (χ2v) is 8.52. The minimum absolute atomic E-state index is 0.0218. The van der Waals surface area contributed by atoms with E-state index >= 15 is 0 Å². The van der Waals surface area contributed by atoms with Crippen LogP contribution in [-0.2, 0) is 34.0 Å². The number of primary sulfonamides is 1. The van der Waals surface area contributed by atoms with Gasteiger partial charge in [-0.15, -0.1) is 0 Å². The average molecular weight is 427 g/mol. The molecule has 2 aromatic rings. The van der Waals surface area contributed by atoms with Crippen molar-refractivity contribution >= 4 is 21.6 Å². The summed E-state index contributed by atoms with van der Waals surface area (Å²) in [5.74, 6) is -0.279. The second kappa shape index (κ2) is 7.77. The van der Waals surface area contributed by atoms with Gasteiger partial charge in [0.05, 0.1) is 17.0 Å². The van der Waals surface area contributed by atoms with Crippen molar-refractivity contribution < 1.29 is 26.4 Å². The smallest absolute Gasteiger partial charge is 0.311 e. The molecule has 1 amide bonds. The Hall–Kier alpha value is -2.43. The third kappa shape index (κ3) is 4.77. The number of halogens is 3. The highest BCUT2D eigenvalue weighted by Crippen LogP contribution is 2.33. The van der Waals surface area contributed by atoms with Crippen molar-refractivity contribution in [2.24, 2.45) is 5.14 Å². The summed E-state index contributed by atoms with van der Waals surface area (Å²) in [5.41, 5.74) is 0.651. The van der Waals surface area contributed by atoms with E-state index in [4.69, 9.17) is 5.14 Å². The number of likely N-dealkylation sites (N-methyl/N-ethyl adjacent to an activating group) is 1. The second-order valence-electron chi connectivity index (χ2n) is 6.96. The average Bonchev–Trinajstić information content (AvgIpc) is 3.03. The first-order valence-electron chi connectivity index (χ1n) is 8.76. The number of benzene rings is 2. The molecule has 0 saturated heterocycles. The van der Waals surface area contributed by atoms with Gasteiger partial charge in [0.15, 0.2) is 0 Å². The van der Waals surface area contributed by atoms with E-state index in [1.54, 1.807) is 7.05 Å². The number of hydrogen-bond acceptors (Lipinski definition) is 4. The molecule has 0 radical (unpaired) electrons. The van der Waals surface area contributed by atoms with Crippen LogP contribution >= 0.6 is 0 Å². The Morgan fingerprint density at radius 2 is 1.90 bits per heavy atom. The molecule has 0 aromatic heterocycles. The lowest BCUT2D eigenvalue weighted by atomic mass is 10.1. The molecule has 1 aliphatic heterocycles. The maximum atomic E-state index is 13.1. The van der Waals surface area contributed by atoms with Gasteiger partial charge in [0.1, 0.15) is 0 Å². The van der Waals surface area contributed by atoms with E-state index < -0.39 is 21.8 Å². The lowest BCUT2D eigenvalue weighted by Crippen LogP contribution is -2.38. The normalized spacial score (nSPS) is 14.3. The van der Waals surface area contributed by atoms with Crippen LogP contribution < -0.4 is 10.0 Å².